The summed E-state index contributed by atoms with van der Waals surface area (Å²) in [5, 5.41) is 16.0. The number of fused-ring (bicyclic) bond motifs is 1. The first-order valence-corrected chi connectivity index (χ1v) is 12.9. The fraction of sp³-hybridized carbons (Fsp3) is 0.500. The molecular weight excluding hydrogens is 461 g/mol. The lowest BCUT2D eigenvalue weighted by molar-refractivity contribution is -0.110. The van der Waals surface area contributed by atoms with Crippen LogP contribution in [0.15, 0.2) is 58.8 Å². The maximum atomic E-state index is 15.2. The lowest BCUT2D eigenvalue weighted by Gasteiger charge is -2.28. The zero-order chi connectivity index (χ0) is 25.1. The molecule has 5 rings (SSSR count). The van der Waals surface area contributed by atoms with Crippen LogP contribution in [-0.4, -0.2) is 49.2 Å². The van der Waals surface area contributed by atoms with Gasteiger partial charge in [0, 0.05) is 29.6 Å². The minimum Gasteiger partial charge on any atom is -0.473 e. The van der Waals surface area contributed by atoms with E-state index < -0.39 is 11.9 Å². The predicted octanol–water partition coefficient (Wildman–Crippen LogP) is 4.07. The third kappa shape index (κ3) is 5.25. The highest BCUT2D eigenvalue weighted by Gasteiger charge is 2.47. The molecule has 1 aromatic rings. The van der Waals surface area contributed by atoms with Crippen molar-refractivity contribution in [2.75, 3.05) is 6.61 Å². The third-order valence-electron chi connectivity index (χ3n) is 7.97. The minimum absolute atomic E-state index is 0.0880. The van der Waals surface area contributed by atoms with Gasteiger partial charge in [-0.3, -0.25) is 9.79 Å². The van der Waals surface area contributed by atoms with Crippen LogP contribution in [0.5, 0.6) is 0 Å². The molecule has 3 N–H and O–H groups in total. The first kappa shape index (κ1) is 24.7. The molecule has 0 radical (unpaired) electrons. The fourth-order valence-electron chi connectivity index (χ4n) is 5.99. The van der Waals surface area contributed by atoms with Crippen LogP contribution < -0.4 is 10.6 Å². The number of aliphatic imine (C=N–C) groups is 1. The number of carbonyl (C=O) groups excluding carboxylic acids is 1. The summed E-state index contributed by atoms with van der Waals surface area (Å²) in [6.07, 6.45) is 9.73. The number of aliphatic hydroxyl groups excluding tert-OH is 1. The van der Waals surface area contributed by atoms with Gasteiger partial charge in [-0.25, -0.2) is 4.39 Å². The molecule has 2 unspecified atom stereocenters. The summed E-state index contributed by atoms with van der Waals surface area (Å²) in [7, 11) is 0. The first-order chi connectivity index (χ1) is 17.6. The van der Waals surface area contributed by atoms with Crippen LogP contribution >= 0.6 is 0 Å². The number of carbonyl (C=O) groups is 1. The molecule has 192 valence electrons. The molecule has 1 aromatic carbocycles. The topological polar surface area (TPSA) is 92.2 Å². The number of nitrogens with one attached hydrogen (secondary N) is 2. The second-order valence-electron chi connectivity index (χ2n) is 10.1. The molecule has 0 spiro atoms. The van der Waals surface area contributed by atoms with Crippen molar-refractivity contribution < 1.29 is 23.8 Å². The molecule has 1 amide bonds. The van der Waals surface area contributed by atoms with Crippen LogP contribution in [0.25, 0.3) is 5.70 Å². The Morgan fingerprint density at radius 3 is 2.69 bits per heavy atom. The highest BCUT2D eigenvalue weighted by molar-refractivity contribution is 5.71. The zero-order valence-electron chi connectivity index (χ0n) is 20.4. The number of ether oxygens (including phenoxy) is 2. The van der Waals surface area contributed by atoms with Crippen LogP contribution in [0, 0.1) is 5.92 Å². The summed E-state index contributed by atoms with van der Waals surface area (Å²) >= 11 is 0. The summed E-state index contributed by atoms with van der Waals surface area (Å²) in [6, 6.07) is 8.14. The van der Waals surface area contributed by atoms with Crippen molar-refractivity contribution >= 4 is 18.8 Å². The highest BCUT2D eigenvalue weighted by atomic mass is 19.1. The van der Waals surface area contributed by atoms with Gasteiger partial charge in [0.15, 0.2) is 11.7 Å². The lowest BCUT2D eigenvalue weighted by Crippen LogP contribution is -2.31. The summed E-state index contributed by atoms with van der Waals surface area (Å²) in [5.41, 5.74) is 2.79. The molecule has 0 aromatic heterocycles. The standard InChI is InChI=1S/C28H34FN3O4/c1-30-27(19-4-2-17(3-5-19)18-6-8-20(9-7-18)31-16-33)23(29)14-21-10-13-26(32-21)36-25-12-11-22-24(34)15-35-28(22)25/h2-5,13-14,16,18,20,22,24-25,28,32,34H,1,6-12,15H2,(H,31,33)/b21-14+,27-23+/t18?,20?,22-,24?,25?,28+/m1/s1. The Labute approximate surface area is 211 Å². The molecule has 0 bridgehead atoms. The van der Waals surface area contributed by atoms with Crippen LogP contribution in [0.1, 0.15) is 62.0 Å². The molecule has 2 aliphatic heterocycles. The molecule has 8 heteroatoms. The second-order valence-corrected chi connectivity index (χ2v) is 10.1. The van der Waals surface area contributed by atoms with E-state index in [1.165, 1.54) is 11.6 Å². The van der Waals surface area contributed by atoms with Gasteiger partial charge in [-0.15, -0.1) is 0 Å². The van der Waals surface area contributed by atoms with Crippen LogP contribution in [0.3, 0.4) is 0 Å². The second kappa shape index (κ2) is 11.0. The van der Waals surface area contributed by atoms with Crippen molar-refractivity contribution in [1.29, 1.82) is 0 Å². The molecule has 2 aliphatic carbocycles. The Morgan fingerprint density at radius 2 is 1.97 bits per heavy atom. The maximum absolute atomic E-state index is 15.2. The van der Waals surface area contributed by atoms with Gasteiger partial charge in [0.25, 0.3) is 0 Å². The van der Waals surface area contributed by atoms with E-state index in [4.69, 9.17) is 9.47 Å². The largest absolute Gasteiger partial charge is 0.473 e. The molecule has 1 saturated heterocycles. The summed E-state index contributed by atoms with van der Waals surface area (Å²) in [5.74, 6) is 0.716. The Kier molecular flexibility index (Phi) is 7.53. The molecule has 7 nitrogen and oxygen atoms in total. The Balaban J connectivity index is 1.19. The highest BCUT2D eigenvalue weighted by Crippen LogP contribution is 2.39. The van der Waals surface area contributed by atoms with Crippen molar-refractivity contribution in [3.8, 4) is 0 Å². The number of benzene rings is 1. The van der Waals surface area contributed by atoms with E-state index in [1.54, 1.807) is 0 Å². The minimum atomic E-state index is -0.460. The zero-order valence-corrected chi connectivity index (χ0v) is 20.4. The smallest absolute Gasteiger partial charge is 0.207 e. The van der Waals surface area contributed by atoms with Crippen LogP contribution in [0.2, 0.25) is 0 Å². The van der Waals surface area contributed by atoms with Gasteiger partial charge in [-0.2, -0.15) is 0 Å². The molecule has 2 heterocycles. The van der Waals surface area contributed by atoms with Gasteiger partial charge in [0.05, 0.1) is 18.8 Å². The first-order valence-electron chi connectivity index (χ1n) is 12.9. The number of nitrogens with zero attached hydrogens (tertiary/aromatic N) is 1. The number of allylic oxidation sites excluding steroid dienone is 3. The van der Waals surface area contributed by atoms with Gasteiger partial charge in [-0.1, -0.05) is 24.3 Å². The molecule has 4 atom stereocenters. The quantitative estimate of drug-likeness (QED) is 0.374. The maximum Gasteiger partial charge on any atom is 0.207 e. The van der Waals surface area contributed by atoms with Crippen molar-refractivity contribution in [3.63, 3.8) is 0 Å². The van der Waals surface area contributed by atoms with Crippen molar-refractivity contribution in [2.45, 2.75) is 75.2 Å². The van der Waals surface area contributed by atoms with E-state index in [-0.39, 0.29) is 29.9 Å². The van der Waals surface area contributed by atoms with E-state index in [0.29, 0.717) is 36.1 Å². The van der Waals surface area contributed by atoms with Crippen LogP contribution in [-0.2, 0) is 14.3 Å². The van der Waals surface area contributed by atoms with Gasteiger partial charge in [-0.05, 0) is 68.9 Å². The van der Waals surface area contributed by atoms with Crippen molar-refractivity contribution in [3.05, 3.63) is 65.0 Å². The SMILES string of the molecule is C=N/C(=C(F)\C=C1/CC=C(OC2CC[C@@H]3C(O)CO[C@H]23)N1)c1ccc(C2CCC(NC=O)CC2)cc1. The molecular formula is C28H34FN3O4. The van der Waals surface area contributed by atoms with Crippen molar-refractivity contribution in [2.24, 2.45) is 10.9 Å². The van der Waals surface area contributed by atoms with Gasteiger partial charge < -0.3 is 25.2 Å². The normalized spacial score (nSPS) is 33.4. The Hall–Kier alpha value is -2.97. The van der Waals surface area contributed by atoms with Crippen LogP contribution in [0.4, 0.5) is 4.39 Å². The van der Waals surface area contributed by atoms with Gasteiger partial charge in [0.2, 0.25) is 6.41 Å². The van der Waals surface area contributed by atoms with Crippen molar-refractivity contribution in [1.82, 2.24) is 10.6 Å². The number of halogens is 1. The van der Waals surface area contributed by atoms with Gasteiger partial charge in [0.1, 0.15) is 11.8 Å². The lowest BCUT2D eigenvalue weighted by atomic mass is 9.81. The third-order valence-corrected chi connectivity index (χ3v) is 7.97. The Bertz CT molecular complexity index is 1060. The van der Waals surface area contributed by atoms with E-state index in [0.717, 1.165) is 44.9 Å². The predicted molar refractivity (Wildman–Crippen MR) is 135 cm³/mol. The van der Waals surface area contributed by atoms with E-state index in [2.05, 4.69) is 22.3 Å². The molecule has 3 fully saturated rings. The molecule has 4 aliphatic rings. The van der Waals surface area contributed by atoms with E-state index in [1.807, 2.05) is 30.3 Å². The number of hydrogen-bond donors (Lipinski definition) is 3. The number of hydrogen-bond acceptors (Lipinski definition) is 6. The summed E-state index contributed by atoms with van der Waals surface area (Å²) in [4.78, 5) is 14.6. The molecule has 36 heavy (non-hydrogen) atoms. The number of amides is 1. The van der Waals surface area contributed by atoms with E-state index >= 15 is 4.39 Å². The monoisotopic (exact) mass is 495 g/mol. The Morgan fingerprint density at radius 1 is 1.19 bits per heavy atom. The number of aliphatic hydroxyl groups is 1. The average Bonchev–Trinajstić information content (AvgIpc) is 3.60. The van der Waals surface area contributed by atoms with E-state index in [9.17, 15) is 9.90 Å². The molecule has 2 saturated carbocycles. The average molecular weight is 496 g/mol. The van der Waals surface area contributed by atoms with Gasteiger partial charge >= 0.3 is 0 Å². The summed E-state index contributed by atoms with van der Waals surface area (Å²) in [6.45, 7) is 3.95. The number of rotatable bonds is 8. The summed E-state index contributed by atoms with van der Waals surface area (Å²) < 4.78 is 27.0. The fourth-order valence-corrected chi connectivity index (χ4v) is 5.99.